The molecule has 16 heavy (non-hydrogen) atoms. The summed E-state index contributed by atoms with van der Waals surface area (Å²) in [6.45, 7) is 5.37. The SMILES string of the molecule is CCCCCCCCNc1cn(C)nc1C. The summed E-state index contributed by atoms with van der Waals surface area (Å²) >= 11 is 0. The second kappa shape index (κ2) is 7.31. The van der Waals surface area contributed by atoms with Crippen LogP contribution in [0.25, 0.3) is 0 Å². The van der Waals surface area contributed by atoms with Gasteiger partial charge in [-0.05, 0) is 13.3 Å². The van der Waals surface area contributed by atoms with Crippen LogP contribution in [0.3, 0.4) is 0 Å². The monoisotopic (exact) mass is 223 g/mol. The Bertz CT molecular complexity index is 291. The highest BCUT2D eigenvalue weighted by molar-refractivity contribution is 5.45. The van der Waals surface area contributed by atoms with Gasteiger partial charge in [-0.15, -0.1) is 0 Å². The van der Waals surface area contributed by atoms with Crippen LogP contribution in [0.5, 0.6) is 0 Å². The Hall–Kier alpha value is -0.990. The van der Waals surface area contributed by atoms with Crippen LogP contribution in [-0.2, 0) is 7.05 Å². The Kier molecular flexibility index (Phi) is 5.98. The van der Waals surface area contributed by atoms with Gasteiger partial charge in [0.25, 0.3) is 0 Å². The first-order valence-electron chi connectivity index (χ1n) is 6.48. The van der Waals surface area contributed by atoms with Crippen molar-refractivity contribution in [2.75, 3.05) is 11.9 Å². The Labute approximate surface area is 99.2 Å². The average molecular weight is 223 g/mol. The van der Waals surface area contributed by atoms with Crippen LogP contribution in [0.4, 0.5) is 5.69 Å². The molecule has 0 spiro atoms. The largest absolute Gasteiger partial charge is 0.382 e. The minimum atomic E-state index is 1.07. The Morgan fingerprint density at radius 3 is 2.50 bits per heavy atom. The molecule has 1 rings (SSSR count). The second-order valence-electron chi connectivity index (χ2n) is 4.50. The summed E-state index contributed by atoms with van der Waals surface area (Å²) in [5.74, 6) is 0. The van der Waals surface area contributed by atoms with Gasteiger partial charge in [-0.25, -0.2) is 0 Å². The molecular formula is C13H25N3. The van der Waals surface area contributed by atoms with Crippen LogP contribution in [-0.4, -0.2) is 16.3 Å². The predicted molar refractivity (Wildman–Crippen MR) is 69.8 cm³/mol. The van der Waals surface area contributed by atoms with E-state index >= 15 is 0 Å². The molecular weight excluding hydrogens is 198 g/mol. The van der Waals surface area contributed by atoms with Crippen LogP contribution < -0.4 is 5.32 Å². The topological polar surface area (TPSA) is 29.9 Å². The number of unbranched alkanes of at least 4 members (excludes halogenated alkanes) is 5. The third-order valence-corrected chi connectivity index (χ3v) is 2.86. The number of hydrogen-bond acceptors (Lipinski definition) is 2. The zero-order valence-corrected chi connectivity index (χ0v) is 10.9. The molecule has 0 fully saturated rings. The minimum Gasteiger partial charge on any atom is -0.382 e. The summed E-state index contributed by atoms with van der Waals surface area (Å²) in [5.41, 5.74) is 2.27. The molecule has 0 radical (unpaired) electrons. The Morgan fingerprint density at radius 1 is 1.19 bits per heavy atom. The molecule has 1 N–H and O–H groups in total. The standard InChI is InChI=1S/C13H25N3/c1-4-5-6-7-8-9-10-14-13-11-16(3)15-12(13)2/h11,14H,4-10H2,1-3H3. The molecule has 0 aliphatic rings. The molecule has 0 saturated heterocycles. The van der Waals surface area contributed by atoms with Crippen molar-refractivity contribution in [3.63, 3.8) is 0 Å². The number of hydrogen-bond donors (Lipinski definition) is 1. The maximum atomic E-state index is 4.30. The molecule has 1 aromatic rings. The van der Waals surface area contributed by atoms with Gasteiger partial charge in [0.05, 0.1) is 11.4 Å². The molecule has 0 aromatic carbocycles. The fourth-order valence-corrected chi connectivity index (χ4v) is 1.90. The molecule has 1 heterocycles. The summed E-state index contributed by atoms with van der Waals surface area (Å²) in [7, 11) is 1.96. The predicted octanol–water partition coefficient (Wildman–Crippen LogP) is 3.50. The summed E-state index contributed by atoms with van der Waals surface area (Å²) < 4.78 is 1.86. The van der Waals surface area contributed by atoms with Gasteiger partial charge in [0.2, 0.25) is 0 Å². The van der Waals surface area contributed by atoms with Gasteiger partial charge >= 0.3 is 0 Å². The van der Waals surface area contributed by atoms with E-state index in [-0.39, 0.29) is 0 Å². The van der Waals surface area contributed by atoms with Crippen LogP contribution in [0.1, 0.15) is 51.1 Å². The summed E-state index contributed by atoms with van der Waals surface area (Å²) in [4.78, 5) is 0. The number of nitrogens with one attached hydrogen (secondary N) is 1. The molecule has 3 heteroatoms. The van der Waals surface area contributed by atoms with Crippen molar-refractivity contribution in [1.82, 2.24) is 9.78 Å². The van der Waals surface area contributed by atoms with Gasteiger partial charge in [0.15, 0.2) is 0 Å². The van der Waals surface area contributed by atoms with E-state index in [0.29, 0.717) is 0 Å². The van der Waals surface area contributed by atoms with E-state index in [9.17, 15) is 0 Å². The summed E-state index contributed by atoms with van der Waals surface area (Å²) in [6, 6.07) is 0. The fourth-order valence-electron chi connectivity index (χ4n) is 1.90. The highest BCUT2D eigenvalue weighted by Gasteiger charge is 2.00. The molecule has 0 unspecified atom stereocenters. The van der Waals surface area contributed by atoms with E-state index in [1.165, 1.54) is 44.2 Å². The lowest BCUT2D eigenvalue weighted by Crippen LogP contribution is -2.01. The van der Waals surface area contributed by atoms with Crippen molar-refractivity contribution in [3.8, 4) is 0 Å². The summed E-state index contributed by atoms with van der Waals surface area (Å²) in [6.07, 6.45) is 10.1. The number of aromatic nitrogens is 2. The number of rotatable bonds is 8. The number of aryl methyl sites for hydroxylation is 2. The zero-order chi connectivity index (χ0) is 11.8. The molecule has 0 saturated carbocycles. The molecule has 1 aromatic heterocycles. The minimum absolute atomic E-state index is 1.07. The van der Waals surface area contributed by atoms with Crippen LogP contribution in [0.15, 0.2) is 6.20 Å². The zero-order valence-electron chi connectivity index (χ0n) is 10.9. The van der Waals surface area contributed by atoms with E-state index in [2.05, 4.69) is 17.3 Å². The maximum absolute atomic E-state index is 4.30. The summed E-state index contributed by atoms with van der Waals surface area (Å²) in [5, 5.41) is 7.75. The quantitative estimate of drug-likeness (QED) is 0.684. The van der Waals surface area contributed by atoms with Gasteiger partial charge in [-0.2, -0.15) is 5.10 Å². The van der Waals surface area contributed by atoms with E-state index in [4.69, 9.17) is 0 Å². The van der Waals surface area contributed by atoms with Gasteiger partial charge in [-0.1, -0.05) is 39.0 Å². The van der Waals surface area contributed by atoms with Crippen molar-refractivity contribution in [3.05, 3.63) is 11.9 Å². The third kappa shape index (κ3) is 4.69. The van der Waals surface area contributed by atoms with E-state index in [1.54, 1.807) is 0 Å². The van der Waals surface area contributed by atoms with Gasteiger partial charge in [0.1, 0.15) is 0 Å². The number of anilines is 1. The first-order valence-corrected chi connectivity index (χ1v) is 6.48. The third-order valence-electron chi connectivity index (χ3n) is 2.86. The van der Waals surface area contributed by atoms with Crippen LogP contribution >= 0.6 is 0 Å². The van der Waals surface area contributed by atoms with E-state index in [0.717, 1.165) is 12.2 Å². The smallest absolute Gasteiger partial charge is 0.0824 e. The van der Waals surface area contributed by atoms with Gasteiger partial charge in [-0.3, -0.25) is 4.68 Å². The lowest BCUT2D eigenvalue weighted by Gasteiger charge is -2.04. The molecule has 3 nitrogen and oxygen atoms in total. The Morgan fingerprint density at radius 2 is 1.88 bits per heavy atom. The molecule has 0 aliphatic heterocycles. The maximum Gasteiger partial charge on any atom is 0.0824 e. The van der Waals surface area contributed by atoms with Gasteiger partial charge < -0.3 is 5.32 Å². The van der Waals surface area contributed by atoms with Crippen molar-refractivity contribution < 1.29 is 0 Å². The first-order chi connectivity index (χ1) is 7.74. The van der Waals surface area contributed by atoms with Crippen molar-refractivity contribution in [2.45, 2.75) is 52.4 Å². The van der Waals surface area contributed by atoms with Crippen LogP contribution in [0.2, 0.25) is 0 Å². The second-order valence-corrected chi connectivity index (χ2v) is 4.50. The highest BCUT2D eigenvalue weighted by Crippen LogP contribution is 2.12. The molecule has 92 valence electrons. The average Bonchev–Trinajstić information content (AvgIpc) is 2.56. The first kappa shape index (κ1) is 13.1. The molecule has 0 aliphatic carbocycles. The van der Waals surface area contributed by atoms with Crippen molar-refractivity contribution in [1.29, 1.82) is 0 Å². The number of nitrogens with zero attached hydrogens (tertiary/aromatic N) is 2. The fraction of sp³-hybridized carbons (Fsp3) is 0.769. The van der Waals surface area contributed by atoms with Crippen molar-refractivity contribution >= 4 is 5.69 Å². The lowest BCUT2D eigenvalue weighted by molar-refractivity contribution is 0.617. The van der Waals surface area contributed by atoms with E-state index < -0.39 is 0 Å². The molecule has 0 bridgehead atoms. The lowest BCUT2D eigenvalue weighted by atomic mass is 10.1. The van der Waals surface area contributed by atoms with Crippen molar-refractivity contribution in [2.24, 2.45) is 7.05 Å². The van der Waals surface area contributed by atoms with Crippen LogP contribution in [0, 0.1) is 6.92 Å². The highest BCUT2D eigenvalue weighted by atomic mass is 15.3. The molecule has 0 amide bonds. The van der Waals surface area contributed by atoms with Gasteiger partial charge in [0, 0.05) is 19.8 Å². The molecule has 0 atom stereocenters. The normalized spacial score (nSPS) is 10.7. The Balaban J connectivity index is 2.05. The van der Waals surface area contributed by atoms with E-state index in [1.807, 2.05) is 24.9 Å².